The Kier molecular flexibility index (Phi) is 4.16. The largest absolute Gasteiger partial charge is 0.476 e. The monoisotopic (exact) mass is 284 g/mol. The minimum atomic E-state index is -1.12. The summed E-state index contributed by atoms with van der Waals surface area (Å²) in [4.78, 5) is 26.3. The maximum absolute atomic E-state index is 11.9. The van der Waals surface area contributed by atoms with Gasteiger partial charge in [-0.25, -0.2) is 9.78 Å². The van der Waals surface area contributed by atoms with Crippen LogP contribution in [0.3, 0.4) is 0 Å². The van der Waals surface area contributed by atoms with Crippen LogP contribution in [-0.2, 0) is 4.74 Å². The zero-order chi connectivity index (χ0) is 13.9. The molecule has 0 aliphatic carbocycles. The highest BCUT2D eigenvalue weighted by Crippen LogP contribution is 2.28. The minimum Gasteiger partial charge on any atom is -0.476 e. The van der Waals surface area contributed by atoms with Gasteiger partial charge in [-0.2, -0.15) is 0 Å². The van der Waals surface area contributed by atoms with Gasteiger partial charge in [0.25, 0.3) is 5.91 Å². The van der Waals surface area contributed by atoms with Gasteiger partial charge < -0.3 is 15.2 Å². The molecule has 0 bridgehead atoms. The van der Waals surface area contributed by atoms with Gasteiger partial charge in [0.05, 0.1) is 0 Å². The number of nitrogens with one attached hydrogen (secondary N) is 1. The number of aromatic carboxylic acids is 1. The molecule has 2 N–H and O–H groups in total. The number of hydrogen-bond donors (Lipinski definition) is 2. The van der Waals surface area contributed by atoms with Gasteiger partial charge >= 0.3 is 5.97 Å². The summed E-state index contributed by atoms with van der Waals surface area (Å²) >= 11 is 1.04. The van der Waals surface area contributed by atoms with Crippen LogP contribution in [0.15, 0.2) is 5.38 Å². The van der Waals surface area contributed by atoms with E-state index in [9.17, 15) is 9.59 Å². The van der Waals surface area contributed by atoms with Crippen molar-refractivity contribution in [3.63, 3.8) is 0 Å². The van der Waals surface area contributed by atoms with Gasteiger partial charge in [0, 0.05) is 25.1 Å². The average Bonchev–Trinajstić information content (AvgIpc) is 2.87. The maximum Gasteiger partial charge on any atom is 0.355 e. The van der Waals surface area contributed by atoms with E-state index in [1.165, 1.54) is 5.38 Å². The molecule has 1 saturated heterocycles. The summed E-state index contributed by atoms with van der Waals surface area (Å²) in [5.74, 6) is -1.43. The van der Waals surface area contributed by atoms with Crippen molar-refractivity contribution in [2.24, 2.45) is 5.41 Å². The summed E-state index contributed by atoms with van der Waals surface area (Å²) in [7, 11) is 0. The lowest BCUT2D eigenvalue weighted by Gasteiger charge is -2.33. The summed E-state index contributed by atoms with van der Waals surface area (Å²) in [6, 6.07) is 0. The molecule has 2 rings (SSSR count). The standard InChI is InChI=1S/C12H16N2O4S/c1-12(2-4-18-5-3-12)7-13-9(15)10-14-8(6-19-10)11(16)17/h6H,2-5,7H2,1H3,(H,13,15)(H,16,17). The molecular weight excluding hydrogens is 268 g/mol. The first-order valence-corrected chi connectivity index (χ1v) is 6.93. The molecule has 6 nitrogen and oxygen atoms in total. The van der Waals surface area contributed by atoms with Gasteiger partial charge in [0.1, 0.15) is 0 Å². The lowest BCUT2D eigenvalue weighted by Crippen LogP contribution is -2.39. The van der Waals surface area contributed by atoms with Gasteiger partial charge in [0.15, 0.2) is 10.7 Å². The summed E-state index contributed by atoms with van der Waals surface area (Å²) in [6.07, 6.45) is 1.82. The van der Waals surface area contributed by atoms with Crippen molar-refractivity contribution in [3.05, 3.63) is 16.1 Å². The second kappa shape index (κ2) is 5.66. The van der Waals surface area contributed by atoms with Crippen LogP contribution in [0.2, 0.25) is 0 Å². The van der Waals surface area contributed by atoms with Crippen LogP contribution in [0, 0.1) is 5.41 Å². The van der Waals surface area contributed by atoms with Crippen LogP contribution in [0.5, 0.6) is 0 Å². The number of thiazole rings is 1. The third-order valence-corrected chi connectivity index (χ3v) is 4.13. The maximum atomic E-state index is 11.9. The van der Waals surface area contributed by atoms with Crippen LogP contribution >= 0.6 is 11.3 Å². The predicted molar refractivity (Wildman–Crippen MR) is 69.6 cm³/mol. The quantitative estimate of drug-likeness (QED) is 0.872. The van der Waals surface area contributed by atoms with Crippen molar-refractivity contribution in [1.82, 2.24) is 10.3 Å². The van der Waals surface area contributed by atoms with Gasteiger partial charge in [-0.3, -0.25) is 4.79 Å². The first-order chi connectivity index (χ1) is 9.00. The third kappa shape index (κ3) is 3.51. The molecule has 0 atom stereocenters. The number of carbonyl (C=O) groups is 2. The summed E-state index contributed by atoms with van der Waals surface area (Å²) in [6.45, 7) is 4.09. The van der Waals surface area contributed by atoms with E-state index in [2.05, 4.69) is 17.2 Å². The number of carboxylic acid groups (broad SMARTS) is 1. The van der Waals surface area contributed by atoms with Crippen LogP contribution in [0.1, 0.15) is 40.1 Å². The molecule has 0 radical (unpaired) electrons. The molecule has 1 aliphatic heterocycles. The molecule has 0 spiro atoms. The highest BCUT2D eigenvalue weighted by Gasteiger charge is 2.28. The normalized spacial score (nSPS) is 17.9. The number of aromatic nitrogens is 1. The van der Waals surface area contributed by atoms with E-state index in [1.807, 2.05) is 0 Å². The Morgan fingerprint density at radius 2 is 2.21 bits per heavy atom. The fourth-order valence-electron chi connectivity index (χ4n) is 1.89. The molecule has 0 saturated carbocycles. The zero-order valence-electron chi connectivity index (χ0n) is 10.6. The smallest absolute Gasteiger partial charge is 0.355 e. The molecule has 1 aliphatic rings. The Morgan fingerprint density at radius 3 is 2.79 bits per heavy atom. The lowest BCUT2D eigenvalue weighted by molar-refractivity contribution is 0.0238. The Hall–Kier alpha value is -1.47. The zero-order valence-corrected chi connectivity index (χ0v) is 11.5. The molecular formula is C12H16N2O4S. The van der Waals surface area contributed by atoms with Crippen LogP contribution in [-0.4, -0.2) is 41.7 Å². The van der Waals surface area contributed by atoms with Gasteiger partial charge in [-0.1, -0.05) is 6.92 Å². The molecule has 2 heterocycles. The number of carbonyl (C=O) groups excluding carboxylic acids is 1. The van der Waals surface area contributed by atoms with E-state index >= 15 is 0 Å². The van der Waals surface area contributed by atoms with Crippen molar-refractivity contribution >= 4 is 23.2 Å². The third-order valence-electron chi connectivity index (χ3n) is 3.29. The van der Waals surface area contributed by atoms with E-state index in [0.717, 1.165) is 24.2 Å². The molecule has 1 amide bonds. The summed E-state index contributed by atoms with van der Waals surface area (Å²) in [5.41, 5.74) is -0.0479. The molecule has 7 heteroatoms. The van der Waals surface area contributed by atoms with E-state index < -0.39 is 5.97 Å². The average molecular weight is 284 g/mol. The Balaban J connectivity index is 1.91. The number of nitrogens with zero attached hydrogens (tertiary/aromatic N) is 1. The van der Waals surface area contributed by atoms with E-state index in [0.29, 0.717) is 19.8 Å². The fraction of sp³-hybridized carbons (Fsp3) is 0.583. The van der Waals surface area contributed by atoms with Crippen LogP contribution in [0.4, 0.5) is 0 Å². The lowest BCUT2D eigenvalue weighted by atomic mass is 9.82. The molecule has 19 heavy (non-hydrogen) atoms. The van der Waals surface area contributed by atoms with Crippen molar-refractivity contribution in [1.29, 1.82) is 0 Å². The summed E-state index contributed by atoms with van der Waals surface area (Å²) < 4.78 is 5.30. The topological polar surface area (TPSA) is 88.5 Å². The SMILES string of the molecule is CC1(CNC(=O)c2nc(C(=O)O)cs2)CCOCC1. The predicted octanol–water partition coefficient (Wildman–Crippen LogP) is 1.39. The van der Waals surface area contributed by atoms with E-state index in [1.54, 1.807) is 0 Å². The molecule has 1 fully saturated rings. The van der Waals surface area contributed by atoms with Crippen molar-refractivity contribution in [2.45, 2.75) is 19.8 Å². The van der Waals surface area contributed by atoms with Crippen molar-refractivity contribution in [3.8, 4) is 0 Å². The number of rotatable bonds is 4. The van der Waals surface area contributed by atoms with Crippen LogP contribution in [0.25, 0.3) is 0 Å². The van der Waals surface area contributed by atoms with Crippen LogP contribution < -0.4 is 5.32 Å². The van der Waals surface area contributed by atoms with E-state index in [4.69, 9.17) is 9.84 Å². The first-order valence-electron chi connectivity index (χ1n) is 6.05. The Bertz CT molecular complexity index is 480. The fourth-order valence-corrected chi connectivity index (χ4v) is 2.59. The minimum absolute atomic E-state index is 0.0425. The highest BCUT2D eigenvalue weighted by atomic mass is 32.1. The molecule has 1 aromatic heterocycles. The van der Waals surface area contributed by atoms with Gasteiger partial charge in [-0.05, 0) is 18.3 Å². The van der Waals surface area contributed by atoms with Crippen molar-refractivity contribution < 1.29 is 19.4 Å². The highest BCUT2D eigenvalue weighted by molar-refractivity contribution is 7.11. The number of carboxylic acids is 1. The molecule has 1 aromatic rings. The van der Waals surface area contributed by atoms with Gasteiger partial charge in [0.2, 0.25) is 0 Å². The van der Waals surface area contributed by atoms with E-state index in [-0.39, 0.29) is 22.0 Å². The first kappa shape index (κ1) is 14.0. The van der Waals surface area contributed by atoms with Gasteiger partial charge in [-0.15, -0.1) is 11.3 Å². The Labute approximate surface area is 114 Å². The second-order valence-electron chi connectivity index (χ2n) is 4.95. The number of ether oxygens (including phenoxy) is 1. The van der Waals surface area contributed by atoms with Crippen molar-refractivity contribution in [2.75, 3.05) is 19.8 Å². The molecule has 0 unspecified atom stereocenters. The second-order valence-corrected chi connectivity index (χ2v) is 5.81. The molecule has 104 valence electrons. The Morgan fingerprint density at radius 1 is 1.53 bits per heavy atom. The summed E-state index contributed by atoms with van der Waals surface area (Å²) in [5, 5.41) is 13.1. The number of amides is 1. The number of hydrogen-bond acceptors (Lipinski definition) is 5. The molecule has 0 aromatic carbocycles.